The van der Waals surface area contributed by atoms with Crippen LogP contribution in [0, 0.1) is 5.82 Å². The number of nitrogens with one attached hydrogen (secondary N) is 2. The van der Waals surface area contributed by atoms with E-state index in [1.165, 1.54) is 18.2 Å². The van der Waals surface area contributed by atoms with Crippen molar-refractivity contribution in [1.29, 1.82) is 0 Å². The smallest absolute Gasteiger partial charge is 0.261 e. The van der Waals surface area contributed by atoms with Gasteiger partial charge in [-0.2, -0.15) is 5.10 Å². The first kappa shape index (κ1) is 21.5. The number of rotatable bonds is 6. The van der Waals surface area contributed by atoms with Crippen molar-refractivity contribution in [3.63, 3.8) is 0 Å². The lowest BCUT2D eigenvalue weighted by Crippen LogP contribution is -2.16. The van der Waals surface area contributed by atoms with Crippen molar-refractivity contribution >= 4 is 39.0 Å². The molecule has 0 aliphatic rings. The fourth-order valence-electron chi connectivity index (χ4n) is 2.87. The Labute approximate surface area is 188 Å². The average Bonchev–Trinajstić information content (AvgIpc) is 3.24. The molecule has 32 heavy (non-hydrogen) atoms. The molecular formula is C22H16ClFN4O3S. The maximum absolute atomic E-state index is 13.1. The summed E-state index contributed by atoms with van der Waals surface area (Å²) >= 11 is 6.12. The van der Waals surface area contributed by atoms with Gasteiger partial charge in [0.1, 0.15) is 5.82 Å². The summed E-state index contributed by atoms with van der Waals surface area (Å²) < 4.78 is 42.2. The standard InChI is InChI=1S/C22H16ClFN4O3S/c23-19-11-6-15(14-20(19)27-32(30,31)18-9-7-16(24)8-10-18)22(29)25-21-12-13-28(26-21)17-4-2-1-3-5-17/h1-14,27H,(H,25,26,29). The molecule has 7 nitrogen and oxygen atoms in total. The zero-order valence-electron chi connectivity index (χ0n) is 16.4. The third-order valence-electron chi connectivity index (χ3n) is 4.45. The molecule has 162 valence electrons. The van der Waals surface area contributed by atoms with Crippen molar-refractivity contribution < 1.29 is 17.6 Å². The number of hydrogen-bond acceptors (Lipinski definition) is 4. The van der Waals surface area contributed by atoms with Crippen molar-refractivity contribution in [3.05, 3.63) is 101 Å². The highest BCUT2D eigenvalue weighted by molar-refractivity contribution is 7.92. The van der Waals surface area contributed by atoms with Crippen LogP contribution in [0.15, 0.2) is 90.0 Å². The molecule has 1 amide bonds. The molecule has 0 saturated carbocycles. The van der Waals surface area contributed by atoms with E-state index in [1.807, 2.05) is 30.3 Å². The number of hydrogen-bond donors (Lipinski definition) is 2. The van der Waals surface area contributed by atoms with Crippen LogP contribution in [0.1, 0.15) is 10.4 Å². The Morgan fingerprint density at radius 1 is 0.969 bits per heavy atom. The number of sulfonamides is 1. The maximum atomic E-state index is 13.1. The Morgan fingerprint density at radius 2 is 1.69 bits per heavy atom. The summed E-state index contributed by atoms with van der Waals surface area (Å²) in [4.78, 5) is 12.5. The summed E-state index contributed by atoms with van der Waals surface area (Å²) in [5.41, 5.74) is 1.01. The number of carbonyl (C=O) groups excluding carboxylic acids is 1. The highest BCUT2D eigenvalue weighted by atomic mass is 35.5. The molecule has 10 heteroatoms. The quantitative estimate of drug-likeness (QED) is 0.426. The maximum Gasteiger partial charge on any atom is 0.261 e. The van der Waals surface area contributed by atoms with Crippen molar-refractivity contribution in [3.8, 4) is 5.69 Å². The molecule has 3 aromatic carbocycles. The van der Waals surface area contributed by atoms with Crippen LogP contribution in [-0.2, 0) is 10.0 Å². The van der Waals surface area contributed by atoms with Crippen LogP contribution in [0.4, 0.5) is 15.9 Å². The first-order chi connectivity index (χ1) is 15.3. The van der Waals surface area contributed by atoms with E-state index >= 15 is 0 Å². The Kier molecular flexibility index (Phi) is 5.93. The summed E-state index contributed by atoms with van der Waals surface area (Å²) in [7, 11) is -4.03. The number of halogens is 2. The lowest BCUT2D eigenvalue weighted by atomic mass is 10.2. The van der Waals surface area contributed by atoms with Gasteiger partial charge in [-0.3, -0.25) is 9.52 Å². The van der Waals surface area contributed by atoms with Gasteiger partial charge in [-0.05, 0) is 54.6 Å². The fraction of sp³-hybridized carbons (Fsp3) is 0. The minimum absolute atomic E-state index is 0.0125. The molecule has 0 unspecified atom stereocenters. The van der Waals surface area contributed by atoms with E-state index in [-0.39, 0.29) is 21.2 Å². The number of para-hydroxylation sites is 1. The van der Waals surface area contributed by atoms with Crippen LogP contribution in [-0.4, -0.2) is 24.1 Å². The minimum atomic E-state index is -4.03. The predicted molar refractivity (Wildman–Crippen MR) is 120 cm³/mol. The third-order valence-corrected chi connectivity index (χ3v) is 6.16. The molecule has 4 rings (SSSR count). The van der Waals surface area contributed by atoms with Gasteiger partial charge < -0.3 is 5.32 Å². The first-order valence-electron chi connectivity index (χ1n) is 9.32. The summed E-state index contributed by atoms with van der Waals surface area (Å²) in [6.45, 7) is 0. The zero-order valence-corrected chi connectivity index (χ0v) is 17.9. The second-order valence-electron chi connectivity index (χ2n) is 6.69. The fourth-order valence-corrected chi connectivity index (χ4v) is 4.16. The summed E-state index contributed by atoms with van der Waals surface area (Å²) in [6.07, 6.45) is 1.70. The molecule has 4 aromatic rings. The highest BCUT2D eigenvalue weighted by Crippen LogP contribution is 2.26. The lowest BCUT2D eigenvalue weighted by molar-refractivity contribution is 0.102. The minimum Gasteiger partial charge on any atom is -0.305 e. The molecule has 0 fully saturated rings. The van der Waals surface area contributed by atoms with E-state index < -0.39 is 21.7 Å². The molecule has 0 radical (unpaired) electrons. The van der Waals surface area contributed by atoms with E-state index in [4.69, 9.17) is 11.6 Å². The summed E-state index contributed by atoms with van der Waals surface area (Å²) in [6, 6.07) is 19.5. The molecule has 2 N–H and O–H groups in total. The molecule has 0 aliphatic heterocycles. The summed E-state index contributed by atoms with van der Waals surface area (Å²) in [5.74, 6) is -0.736. The number of anilines is 2. The van der Waals surface area contributed by atoms with E-state index in [1.54, 1.807) is 16.9 Å². The molecular weight excluding hydrogens is 455 g/mol. The van der Waals surface area contributed by atoms with E-state index in [0.717, 1.165) is 30.0 Å². The topological polar surface area (TPSA) is 93.1 Å². The van der Waals surface area contributed by atoms with Gasteiger partial charge in [-0.15, -0.1) is 0 Å². The van der Waals surface area contributed by atoms with Gasteiger partial charge in [0.2, 0.25) is 0 Å². The second-order valence-corrected chi connectivity index (χ2v) is 8.78. The van der Waals surface area contributed by atoms with Gasteiger partial charge in [-0.25, -0.2) is 17.5 Å². The molecule has 1 aromatic heterocycles. The molecule has 1 heterocycles. The van der Waals surface area contributed by atoms with Gasteiger partial charge in [0.05, 0.1) is 21.3 Å². The van der Waals surface area contributed by atoms with Crippen molar-refractivity contribution in [2.75, 3.05) is 10.0 Å². The van der Waals surface area contributed by atoms with Crippen LogP contribution in [0.25, 0.3) is 5.69 Å². The van der Waals surface area contributed by atoms with Gasteiger partial charge >= 0.3 is 0 Å². The van der Waals surface area contributed by atoms with E-state index in [2.05, 4.69) is 15.1 Å². The van der Waals surface area contributed by atoms with Crippen LogP contribution >= 0.6 is 11.6 Å². The number of carbonyl (C=O) groups is 1. The van der Waals surface area contributed by atoms with Crippen LogP contribution in [0.3, 0.4) is 0 Å². The third kappa shape index (κ3) is 4.79. The van der Waals surface area contributed by atoms with E-state index in [0.29, 0.717) is 5.82 Å². The van der Waals surface area contributed by atoms with E-state index in [9.17, 15) is 17.6 Å². The van der Waals surface area contributed by atoms with Crippen LogP contribution in [0.2, 0.25) is 5.02 Å². The molecule has 0 atom stereocenters. The van der Waals surface area contributed by atoms with Crippen molar-refractivity contribution in [1.82, 2.24) is 9.78 Å². The first-order valence-corrected chi connectivity index (χ1v) is 11.2. The largest absolute Gasteiger partial charge is 0.305 e. The monoisotopic (exact) mass is 470 g/mol. The Morgan fingerprint density at radius 3 is 2.41 bits per heavy atom. The Balaban J connectivity index is 1.53. The van der Waals surface area contributed by atoms with Gasteiger partial charge in [0.25, 0.3) is 15.9 Å². The molecule has 0 bridgehead atoms. The van der Waals surface area contributed by atoms with Crippen molar-refractivity contribution in [2.45, 2.75) is 4.90 Å². The molecule has 0 saturated heterocycles. The van der Waals surface area contributed by atoms with Crippen LogP contribution < -0.4 is 10.0 Å². The molecule has 0 spiro atoms. The highest BCUT2D eigenvalue weighted by Gasteiger charge is 2.18. The second kappa shape index (κ2) is 8.81. The Hall–Kier alpha value is -3.69. The average molecular weight is 471 g/mol. The normalized spacial score (nSPS) is 11.2. The predicted octanol–water partition coefficient (Wildman–Crippen LogP) is 4.72. The van der Waals surface area contributed by atoms with Crippen molar-refractivity contribution in [2.24, 2.45) is 0 Å². The van der Waals surface area contributed by atoms with Gasteiger partial charge in [0, 0.05) is 17.8 Å². The number of amides is 1. The lowest BCUT2D eigenvalue weighted by Gasteiger charge is -2.11. The number of nitrogens with zero attached hydrogens (tertiary/aromatic N) is 2. The zero-order chi connectivity index (χ0) is 22.7. The van der Waals surface area contributed by atoms with Gasteiger partial charge in [-0.1, -0.05) is 29.8 Å². The van der Waals surface area contributed by atoms with Crippen LogP contribution in [0.5, 0.6) is 0 Å². The summed E-state index contributed by atoms with van der Waals surface area (Å²) in [5, 5.41) is 7.07. The molecule has 0 aliphatic carbocycles. The number of aromatic nitrogens is 2. The SMILES string of the molecule is O=C(Nc1ccn(-c2ccccc2)n1)c1ccc(Cl)c(NS(=O)(=O)c2ccc(F)cc2)c1. The van der Waals surface area contributed by atoms with Gasteiger partial charge in [0.15, 0.2) is 5.82 Å². The number of benzene rings is 3. The Bertz CT molecular complexity index is 1370.